The topological polar surface area (TPSA) is 21.6 Å². The molecule has 0 N–H and O–H groups in total. The Morgan fingerprint density at radius 1 is 0.857 bits per heavy atom. The SMILES string of the molecule is Brc1ccc(C2CCOCC2)c(/C=N/C(c2ccccc2)c2ccccc2)c1. The van der Waals surface area contributed by atoms with E-state index in [-0.39, 0.29) is 6.04 Å². The van der Waals surface area contributed by atoms with E-state index >= 15 is 0 Å². The lowest BCUT2D eigenvalue weighted by atomic mass is 9.88. The summed E-state index contributed by atoms with van der Waals surface area (Å²) in [5, 5.41) is 0. The van der Waals surface area contributed by atoms with Crippen LogP contribution in [0.25, 0.3) is 0 Å². The number of hydrogen-bond acceptors (Lipinski definition) is 2. The highest BCUT2D eigenvalue weighted by atomic mass is 79.9. The predicted octanol–water partition coefficient (Wildman–Crippen LogP) is 6.55. The molecule has 1 fully saturated rings. The smallest absolute Gasteiger partial charge is 0.0999 e. The summed E-state index contributed by atoms with van der Waals surface area (Å²) in [6, 6.07) is 27.5. The first-order valence-corrected chi connectivity index (χ1v) is 10.6. The van der Waals surface area contributed by atoms with Gasteiger partial charge >= 0.3 is 0 Å². The van der Waals surface area contributed by atoms with E-state index in [4.69, 9.17) is 9.73 Å². The van der Waals surface area contributed by atoms with Gasteiger partial charge in [-0.2, -0.15) is 0 Å². The van der Waals surface area contributed by atoms with Crippen molar-refractivity contribution in [1.29, 1.82) is 0 Å². The summed E-state index contributed by atoms with van der Waals surface area (Å²) in [6.45, 7) is 1.68. The van der Waals surface area contributed by atoms with Gasteiger partial charge in [-0.25, -0.2) is 0 Å². The lowest BCUT2D eigenvalue weighted by Crippen LogP contribution is -2.15. The van der Waals surface area contributed by atoms with Gasteiger partial charge in [0.1, 0.15) is 0 Å². The number of nitrogens with zero attached hydrogens (tertiary/aromatic N) is 1. The lowest BCUT2D eigenvalue weighted by Gasteiger charge is -2.24. The Labute approximate surface area is 175 Å². The van der Waals surface area contributed by atoms with Crippen molar-refractivity contribution in [2.75, 3.05) is 13.2 Å². The predicted molar refractivity (Wildman–Crippen MR) is 119 cm³/mol. The molecule has 0 spiro atoms. The highest BCUT2D eigenvalue weighted by Gasteiger charge is 2.19. The summed E-state index contributed by atoms with van der Waals surface area (Å²) in [4.78, 5) is 5.05. The van der Waals surface area contributed by atoms with E-state index in [0.29, 0.717) is 5.92 Å². The van der Waals surface area contributed by atoms with E-state index in [2.05, 4.69) is 88.9 Å². The van der Waals surface area contributed by atoms with Crippen molar-refractivity contribution in [2.45, 2.75) is 24.8 Å². The molecule has 3 aromatic carbocycles. The maximum absolute atomic E-state index is 5.56. The van der Waals surface area contributed by atoms with Crippen LogP contribution in [0.15, 0.2) is 88.3 Å². The second-order valence-corrected chi connectivity index (χ2v) is 8.08. The van der Waals surface area contributed by atoms with Crippen molar-refractivity contribution in [1.82, 2.24) is 0 Å². The second kappa shape index (κ2) is 9.31. The van der Waals surface area contributed by atoms with Gasteiger partial charge in [0, 0.05) is 23.9 Å². The Morgan fingerprint density at radius 2 is 1.46 bits per heavy atom. The third-order valence-corrected chi connectivity index (χ3v) is 5.80. The summed E-state index contributed by atoms with van der Waals surface area (Å²) >= 11 is 3.63. The molecule has 0 unspecified atom stereocenters. The summed E-state index contributed by atoms with van der Waals surface area (Å²) in [5.74, 6) is 0.537. The van der Waals surface area contributed by atoms with Crippen LogP contribution in [-0.4, -0.2) is 19.4 Å². The third kappa shape index (κ3) is 4.60. The van der Waals surface area contributed by atoms with Gasteiger partial charge in [-0.05, 0) is 53.1 Å². The van der Waals surface area contributed by atoms with E-state index < -0.39 is 0 Å². The standard InChI is InChI=1S/C25H24BrNO/c26-23-11-12-24(19-13-15-28-16-14-19)22(17-23)18-27-25(20-7-3-1-4-8-20)21-9-5-2-6-10-21/h1-12,17-19,25H,13-16H2/b27-18+. The molecule has 0 radical (unpaired) electrons. The number of ether oxygens (including phenoxy) is 1. The molecule has 1 aliphatic heterocycles. The van der Waals surface area contributed by atoms with Crippen molar-refractivity contribution in [3.05, 3.63) is 106 Å². The fraction of sp³-hybridized carbons (Fsp3) is 0.240. The zero-order chi connectivity index (χ0) is 19.2. The van der Waals surface area contributed by atoms with Crippen molar-refractivity contribution in [2.24, 2.45) is 4.99 Å². The van der Waals surface area contributed by atoms with E-state index in [1.807, 2.05) is 12.1 Å². The Hall–Kier alpha value is -2.23. The molecule has 0 bridgehead atoms. The minimum Gasteiger partial charge on any atom is -0.381 e. The summed E-state index contributed by atoms with van der Waals surface area (Å²) < 4.78 is 6.64. The second-order valence-electron chi connectivity index (χ2n) is 7.16. The molecule has 0 atom stereocenters. The number of benzene rings is 3. The monoisotopic (exact) mass is 433 g/mol. The number of aliphatic imine (C=N–C) groups is 1. The number of rotatable bonds is 5. The van der Waals surface area contributed by atoms with Crippen LogP contribution in [-0.2, 0) is 4.74 Å². The average Bonchev–Trinajstić information content (AvgIpc) is 2.76. The van der Waals surface area contributed by atoms with Crippen LogP contribution in [0.5, 0.6) is 0 Å². The molecule has 0 saturated carbocycles. The first kappa shape index (κ1) is 19.1. The first-order chi connectivity index (χ1) is 13.8. The van der Waals surface area contributed by atoms with Crippen LogP contribution in [0.3, 0.4) is 0 Å². The molecule has 0 aliphatic carbocycles. The third-order valence-electron chi connectivity index (χ3n) is 5.30. The Balaban J connectivity index is 1.70. The molecule has 3 aromatic rings. The highest BCUT2D eigenvalue weighted by Crippen LogP contribution is 2.31. The van der Waals surface area contributed by atoms with Crippen LogP contribution in [0.2, 0.25) is 0 Å². The molecule has 1 aliphatic rings. The van der Waals surface area contributed by atoms with Gasteiger partial charge < -0.3 is 4.74 Å². The Morgan fingerprint density at radius 3 is 2.07 bits per heavy atom. The van der Waals surface area contributed by atoms with Gasteiger partial charge in [0.15, 0.2) is 0 Å². The molecule has 1 heterocycles. The Kier molecular flexibility index (Phi) is 6.35. The van der Waals surface area contributed by atoms with Gasteiger partial charge in [0.25, 0.3) is 0 Å². The molecule has 3 heteroatoms. The number of hydrogen-bond donors (Lipinski definition) is 0. The molecule has 2 nitrogen and oxygen atoms in total. The molecule has 4 rings (SSSR count). The fourth-order valence-electron chi connectivity index (χ4n) is 3.83. The number of halogens is 1. The average molecular weight is 434 g/mol. The van der Waals surface area contributed by atoms with Crippen molar-refractivity contribution in [3.63, 3.8) is 0 Å². The van der Waals surface area contributed by atoms with Crippen molar-refractivity contribution in [3.8, 4) is 0 Å². The van der Waals surface area contributed by atoms with Crippen LogP contribution in [0.1, 0.15) is 47.1 Å². The Bertz CT molecular complexity index is 878. The van der Waals surface area contributed by atoms with Crippen LogP contribution >= 0.6 is 15.9 Å². The van der Waals surface area contributed by atoms with E-state index in [1.54, 1.807) is 0 Å². The zero-order valence-corrected chi connectivity index (χ0v) is 17.4. The van der Waals surface area contributed by atoms with Gasteiger partial charge in [-0.1, -0.05) is 82.7 Å². The van der Waals surface area contributed by atoms with Crippen LogP contribution in [0, 0.1) is 0 Å². The molecule has 0 aromatic heterocycles. The van der Waals surface area contributed by atoms with Crippen LogP contribution < -0.4 is 0 Å². The normalized spacial score (nSPS) is 15.4. The molecule has 142 valence electrons. The van der Waals surface area contributed by atoms with E-state index in [0.717, 1.165) is 30.5 Å². The zero-order valence-electron chi connectivity index (χ0n) is 15.8. The maximum Gasteiger partial charge on any atom is 0.0999 e. The van der Waals surface area contributed by atoms with Gasteiger partial charge in [0.05, 0.1) is 6.04 Å². The van der Waals surface area contributed by atoms with Crippen molar-refractivity contribution >= 4 is 22.1 Å². The maximum atomic E-state index is 5.56. The van der Waals surface area contributed by atoms with Gasteiger partial charge in [0.2, 0.25) is 0 Å². The lowest BCUT2D eigenvalue weighted by molar-refractivity contribution is 0.0853. The fourth-order valence-corrected chi connectivity index (χ4v) is 4.21. The molecule has 28 heavy (non-hydrogen) atoms. The molecular formula is C25H24BrNO. The first-order valence-electron chi connectivity index (χ1n) is 9.81. The van der Waals surface area contributed by atoms with Crippen LogP contribution in [0.4, 0.5) is 0 Å². The quantitative estimate of drug-likeness (QED) is 0.417. The van der Waals surface area contributed by atoms with Gasteiger partial charge in [-0.15, -0.1) is 0 Å². The summed E-state index contributed by atoms with van der Waals surface area (Å²) in [5.41, 5.74) is 4.97. The van der Waals surface area contributed by atoms with E-state index in [1.165, 1.54) is 22.3 Å². The van der Waals surface area contributed by atoms with Gasteiger partial charge in [-0.3, -0.25) is 4.99 Å². The minimum atomic E-state index is -0.0103. The van der Waals surface area contributed by atoms with Crippen molar-refractivity contribution < 1.29 is 4.74 Å². The minimum absolute atomic E-state index is 0.0103. The highest BCUT2D eigenvalue weighted by molar-refractivity contribution is 9.10. The largest absolute Gasteiger partial charge is 0.381 e. The molecule has 0 amide bonds. The summed E-state index contributed by atoms with van der Waals surface area (Å²) in [7, 11) is 0. The molecular weight excluding hydrogens is 410 g/mol. The van der Waals surface area contributed by atoms with E-state index in [9.17, 15) is 0 Å². The summed E-state index contributed by atoms with van der Waals surface area (Å²) in [6.07, 6.45) is 4.20. The molecule has 1 saturated heterocycles.